The number of benzene rings is 3. The van der Waals surface area contributed by atoms with Gasteiger partial charge in [0, 0.05) is 5.69 Å². The number of carbonyl (C=O) groups excluding carboxylic acids is 1. The number of amides is 1. The van der Waals surface area contributed by atoms with E-state index < -0.39 is 0 Å². The first kappa shape index (κ1) is 18.7. The Morgan fingerprint density at radius 2 is 1.83 bits per heavy atom. The van der Waals surface area contributed by atoms with E-state index in [9.17, 15) is 4.79 Å². The van der Waals surface area contributed by atoms with Gasteiger partial charge in [-0.15, -0.1) is 5.10 Å². The second-order valence-corrected chi connectivity index (χ2v) is 7.05. The third-order valence-electron chi connectivity index (χ3n) is 4.79. The molecular formula is C23H22N4O2. The molecule has 4 aromatic rings. The summed E-state index contributed by atoms with van der Waals surface area (Å²) in [5.41, 5.74) is 3.77. The van der Waals surface area contributed by atoms with Crippen LogP contribution in [0.4, 0.5) is 5.69 Å². The first-order valence-electron chi connectivity index (χ1n) is 9.44. The number of fused-ring (bicyclic) bond motifs is 1. The summed E-state index contributed by atoms with van der Waals surface area (Å²) in [4.78, 5) is 12.3. The second kappa shape index (κ2) is 8.14. The Kier molecular flexibility index (Phi) is 5.24. The van der Waals surface area contributed by atoms with Gasteiger partial charge in [0.2, 0.25) is 5.91 Å². The van der Waals surface area contributed by atoms with Gasteiger partial charge in [0.1, 0.15) is 24.6 Å². The van der Waals surface area contributed by atoms with Crippen LogP contribution in [0.5, 0.6) is 5.75 Å². The van der Waals surface area contributed by atoms with Crippen LogP contribution >= 0.6 is 0 Å². The van der Waals surface area contributed by atoms with Crippen molar-refractivity contribution in [2.45, 2.75) is 27.0 Å². The number of hydrogen-bond donors (Lipinski definition) is 1. The van der Waals surface area contributed by atoms with E-state index >= 15 is 0 Å². The van der Waals surface area contributed by atoms with E-state index in [0.29, 0.717) is 5.69 Å². The molecule has 0 aliphatic carbocycles. The summed E-state index contributed by atoms with van der Waals surface area (Å²) in [5.74, 6) is 0.617. The monoisotopic (exact) mass is 386 g/mol. The fourth-order valence-electron chi connectivity index (χ4n) is 3.06. The lowest BCUT2D eigenvalue weighted by atomic mass is 10.1. The molecule has 1 heterocycles. The number of aromatic nitrogens is 3. The Morgan fingerprint density at radius 1 is 1.00 bits per heavy atom. The van der Waals surface area contributed by atoms with Crippen molar-refractivity contribution in [3.05, 3.63) is 83.7 Å². The van der Waals surface area contributed by atoms with Crippen LogP contribution in [-0.2, 0) is 17.9 Å². The van der Waals surface area contributed by atoms with Gasteiger partial charge in [-0.25, -0.2) is 4.68 Å². The van der Waals surface area contributed by atoms with Crippen LogP contribution in [-0.4, -0.2) is 20.9 Å². The Balaban J connectivity index is 1.33. The first-order chi connectivity index (χ1) is 14.1. The summed E-state index contributed by atoms with van der Waals surface area (Å²) in [5, 5.41) is 13.3. The van der Waals surface area contributed by atoms with E-state index in [1.54, 1.807) is 6.20 Å². The zero-order valence-corrected chi connectivity index (χ0v) is 16.4. The maximum atomic E-state index is 12.3. The number of rotatable bonds is 6. The smallest absolute Gasteiger partial charge is 0.246 e. The molecule has 0 bridgehead atoms. The Hall–Kier alpha value is -3.67. The number of carbonyl (C=O) groups is 1. The van der Waals surface area contributed by atoms with Gasteiger partial charge < -0.3 is 10.1 Å². The minimum atomic E-state index is -0.153. The van der Waals surface area contributed by atoms with E-state index in [1.807, 2.05) is 68.4 Å². The maximum absolute atomic E-state index is 12.3. The van der Waals surface area contributed by atoms with Crippen molar-refractivity contribution in [1.82, 2.24) is 15.0 Å². The minimum Gasteiger partial charge on any atom is -0.487 e. The summed E-state index contributed by atoms with van der Waals surface area (Å²) < 4.78 is 7.33. The molecule has 0 fully saturated rings. The van der Waals surface area contributed by atoms with Gasteiger partial charge in [-0.2, -0.15) is 0 Å². The van der Waals surface area contributed by atoms with E-state index in [4.69, 9.17) is 4.74 Å². The van der Waals surface area contributed by atoms with Crippen LogP contribution in [0.2, 0.25) is 0 Å². The standard InChI is InChI=1S/C23H22N4O2/c1-16-7-9-20(11-17(16)2)24-23(28)14-27-13-21(25-26-27)15-29-22-10-8-18-5-3-4-6-19(18)12-22/h3-13H,14-15H2,1-2H3,(H,24,28). The van der Waals surface area contributed by atoms with Crippen LogP contribution in [0.15, 0.2) is 66.9 Å². The van der Waals surface area contributed by atoms with Crippen LogP contribution in [0.25, 0.3) is 10.8 Å². The fraction of sp³-hybridized carbons (Fsp3) is 0.174. The topological polar surface area (TPSA) is 69.0 Å². The molecule has 6 nitrogen and oxygen atoms in total. The maximum Gasteiger partial charge on any atom is 0.246 e. The quantitative estimate of drug-likeness (QED) is 0.537. The van der Waals surface area contributed by atoms with E-state index in [-0.39, 0.29) is 19.1 Å². The molecule has 1 N–H and O–H groups in total. The zero-order valence-electron chi connectivity index (χ0n) is 16.4. The highest BCUT2D eigenvalue weighted by Gasteiger charge is 2.08. The Labute approximate surface area is 169 Å². The predicted molar refractivity (Wildman–Crippen MR) is 113 cm³/mol. The molecule has 29 heavy (non-hydrogen) atoms. The van der Waals surface area contributed by atoms with Gasteiger partial charge in [-0.1, -0.05) is 41.6 Å². The molecule has 0 saturated heterocycles. The highest BCUT2D eigenvalue weighted by atomic mass is 16.5. The number of hydrogen-bond acceptors (Lipinski definition) is 4. The van der Waals surface area contributed by atoms with Gasteiger partial charge in [0.25, 0.3) is 0 Å². The number of nitrogens with zero attached hydrogens (tertiary/aromatic N) is 3. The van der Waals surface area contributed by atoms with E-state index in [0.717, 1.165) is 22.4 Å². The largest absolute Gasteiger partial charge is 0.487 e. The third kappa shape index (κ3) is 4.60. The van der Waals surface area contributed by atoms with Gasteiger partial charge in [0.15, 0.2) is 0 Å². The highest BCUT2D eigenvalue weighted by molar-refractivity contribution is 5.90. The molecule has 0 radical (unpaired) electrons. The molecule has 3 aromatic carbocycles. The van der Waals surface area contributed by atoms with Gasteiger partial charge in [0.05, 0.1) is 6.20 Å². The summed E-state index contributed by atoms with van der Waals surface area (Å²) in [6.45, 7) is 4.44. The Morgan fingerprint density at radius 3 is 2.66 bits per heavy atom. The van der Waals surface area contributed by atoms with Crippen LogP contribution in [0, 0.1) is 13.8 Å². The molecule has 0 aliphatic rings. The summed E-state index contributed by atoms with van der Waals surface area (Å²) in [6.07, 6.45) is 1.72. The first-order valence-corrected chi connectivity index (χ1v) is 9.44. The molecule has 1 amide bonds. The van der Waals surface area contributed by atoms with Gasteiger partial charge in [-0.3, -0.25) is 4.79 Å². The van der Waals surface area contributed by atoms with Crippen LogP contribution in [0.3, 0.4) is 0 Å². The van der Waals surface area contributed by atoms with Crippen LogP contribution in [0.1, 0.15) is 16.8 Å². The molecule has 0 saturated carbocycles. The molecule has 146 valence electrons. The van der Waals surface area contributed by atoms with Crippen molar-refractivity contribution in [2.75, 3.05) is 5.32 Å². The minimum absolute atomic E-state index is 0.0932. The predicted octanol–water partition coefficient (Wildman–Crippen LogP) is 4.27. The van der Waals surface area contributed by atoms with Crippen molar-refractivity contribution in [1.29, 1.82) is 0 Å². The normalized spacial score (nSPS) is 10.8. The van der Waals surface area contributed by atoms with Crippen molar-refractivity contribution in [2.24, 2.45) is 0 Å². The lowest BCUT2D eigenvalue weighted by molar-refractivity contribution is -0.116. The molecule has 0 aliphatic heterocycles. The summed E-state index contributed by atoms with van der Waals surface area (Å²) >= 11 is 0. The Bertz CT molecular complexity index is 1170. The highest BCUT2D eigenvalue weighted by Crippen LogP contribution is 2.21. The molecule has 0 unspecified atom stereocenters. The third-order valence-corrected chi connectivity index (χ3v) is 4.79. The van der Waals surface area contributed by atoms with Crippen molar-refractivity contribution < 1.29 is 9.53 Å². The van der Waals surface area contributed by atoms with Gasteiger partial charge >= 0.3 is 0 Å². The summed E-state index contributed by atoms with van der Waals surface area (Å²) in [7, 11) is 0. The molecule has 0 spiro atoms. The molecular weight excluding hydrogens is 364 g/mol. The van der Waals surface area contributed by atoms with E-state index in [2.05, 4.69) is 21.7 Å². The average molecular weight is 386 g/mol. The lowest BCUT2D eigenvalue weighted by Gasteiger charge is -2.07. The second-order valence-electron chi connectivity index (χ2n) is 7.05. The molecule has 1 aromatic heterocycles. The zero-order chi connectivity index (χ0) is 20.2. The molecule has 4 rings (SSSR count). The van der Waals surface area contributed by atoms with Crippen molar-refractivity contribution in [3.63, 3.8) is 0 Å². The summed E-state index contributed by atoms with van der Waals surface area (Å²) in [6, 6.07) is 19.9. The number of nitrogens with one attached hydrogen (secondary N) is 1. The lowest BCUT2D eigenvalue weighted by Crippen LogP contribution is -2.19. The van der Waals surface area contributed by atoms with Crippen molar-refractivity contribution >= 4 is 22.4 Å². The van der Waals surface area contributed by atoms with Gasteiger partial charge in [-0.05, 0) is 60.0 Å². The number of anilines is 1. The van der Waals surface area contributed by atoms with E-state index in [1.165, 1.54) is 15.6 Å². The SMILES string of the molecule is Cc1ccc(NC(=O)Cn2cc(COc3ccc4ccccc4c3)nn2)cc1C. The number of aryl methyl sites for hydroxylation is 2. The molecule has 6 heteroatoms. The van der Waals surface area contributed by atoms with Crippen LogP contribution < -0.4 is 10.1 Å². The fourth-order valence-corrected chi connectivity index (χ4v) is 3.06. The average Bonchev–Trinajstić information content (AvgIpc) is 3.16. The number of ether oxygens (including phenoxy) is 1. The van der Waals surface area contributed by atoms with Crippen molar-refractivity contribution in [3.8, 4) is 5.75 Å². The molecule has 0 atom stereocenters.